The Labute approximate surface area is 89.4 Å². The summed E-state index contributed by atoms with van der Waals surface area (Å²) in [5.74, 6) is 0.844. The van der Waals surface area contributed by atoms with Crippen molar-refractivity contribution < 1.29 is 14.2 Å². The molecule has 1 aliphatic heterocycles. The first-order valence-corrected chi connectivity index (χ1v) is 4.94. The van der Waals surface area contributed by atoms with Gasteiger partial charge in [-0.2, -0.15) is 0 Å². The molecule has 0 unspecified atom stereocenters. The summed E-state index contributed by atoms with van der Waals surface area (Å²) in [6.45, 7) is 2.43. The number of hydrogen-bond acceptors (Lipinski definition) is 4. The van der Waals surface area contributed by atoms with Gasteiger partial charge in [0.05, 0.1) is 20.3 Å². The van der Waals surface area contributed by atoms with Crippen LogP contribution in [0.1, 0.15) is 0 Å². The number of ether oxygens (including phenoxy) is 3. The molecule has 0 aliphatic carbocycles. The van der Waals surface area contributed by atoms with Crippen molar-refractivity contribution >= 4 is 5.69 Å². The molecule has 0 spiro atoms. The average Bonchev–Trinajstić information content (AvgIpc) is 2.58. The lowest BCUT2D eigenvalue weighted by molar-refractivity contribution is 0.103. The third kappa shape index (κ3) is 2.61. The second-order valence-corrected chi connectivity index (χ2v) is 3.32. The molecule has 0 aromatic heterocycles. The zero-order chi connectivity index (χ0) is 10.5. The second kappa shape index (κ2) is 5.00. The molecule has 0 amide bonds. The monoisotopic (exact) mass is 209 g/mol. The van der Waals surface area contributed by atoms with Gasteiger partial charge in [-0.05, 0) is 12.1 Å². The fourth-order valence-corrected chi connectivity index (χ4v) is 1.46. The van der Waals surface area contributed by atoms with E-state index in [9.17, 15) is 0 Å². The number of rotatable bonds is 2. The minimum atomic E-state index is 0.563. The van der Waals surface area contributed by atoms with E-state index in [-0.39, 0.29) is 0 Å². The quantitative estimate of drug-likeness (QED) is 0.738. The molecule has 2 rings (SSSR count). The predicted molar refractivity (Wildman–Crippen MR) is 57.1 cm³/mol. The summed E-state index contributed by atoms with van der Waals surface area (Å²) in [7, 11) is 1.66. The Hall–Kier alpha value is -1.26. The maximum absolute atomic E-state index is 5.40. The summed E-state index contributed by atoms with van der Waals surface area (Å²) in [6, 6.07) is 7.86. The molecule has 15 heavy (non-hydrogen) atoms. The molecule has 1 saturated heterocycles. The van der Waals surface area contributed by atoms with Crippen molar-refractivity contribution in [1.29, 1.82) is 0 Å². The van der Waals surface area contributed by atoms with E-state index < -0.39 is 0 Å². The standard InChI is InChI=1S/C11H15NO3/c1-13-11-4-2-3-10(7-11)12-8-14-5-6-15-9-12/h2-4,7H,5-6,8-9H2,1H3. The summed E-state index contributed by atoms with van der Waals surface area (Å²) in [6.07, 6.45) is 0. The molecular weight excluding hydrogens is 194 g/mol. The Morgan fingerprint density at radius 3 is 2.60 bits per heavy atom. The van der Waals surface area contributed by atoms with E-state index in [2.05, 4.69) is 0 Å². The molecule has 4 heteroatoms. The molecule has 0 N–H and O–H groups in total. The lowest BCUT2D eigenvalue weighted by Gasteiger charge is -2.21. The van der Waals surface area contributed by atoms with Crippen LogP contribution < -0.4 is 9.64 Å². The normalized spacial score (nSPS) is 17.3. The van der Waals surface area contributed by atoms with E-state index in [1.165, 1.54) is 0 Å². The summed E-state index contributed by atoms with van der Waals surface area (Å²) in [5.41, 5.74) is 1.05. The second-order valence-electron chi connectivity index (χ2n) is 3.32. The molecule has 1 aromatic rings. The molecule has 4 nitrogen and oxygen atoms in total. The topological polar surface area (TPSA) is 30.9 Å². The number of hydrogen-bond donors (Lipinski definition) is 0. The Bertz CT molecular complexity index is 308. The van der Waals surface area contributed by atoms with Crippen LogP contribution in [0.25, 0.3) is 0 Å². The molecule has 1 aromatic carbocycles. The highest BCUT2D eigenvalue weighted by atomic mass is 16.6. The number of anilines is 1. The summed E-state index contributed by atoms with van der Waals surface area (Å²) >= 11 is 0. The van der Waals surface area contributed by atoms with Crippen molar-refractivity contribution in [2.75, 3.05) is 38.7 Å². The number of nitrogens with zero attached hydrogens (tertiary/aromatic N) is 1. The van der Waals surface area contributed by atoms with Crippen LogP contribution in [-0.2, 0) is 9.47 Å². The molecule has 0 bridgehead atoms. The Morgan fingerprint density at radius 2 is 1.93 bits per heavy atom. The first kappa shape index (κ1) is 10.3. The van der Waals surface area contributed by atoms with Crippen LogP contribution in [0.2, 0.25) is 0 Å². The Kier molecular flexibility index (Phi) is 3.42. The van der Waals surface area contributed by atoms with Gasteiger partial charge in [-0.1, -0.05) is 6.07 Å². The van der Waals surface area contributed by atoms with Gasteiger partial charge in [0.25, 0.3) is 0 Å². The van der Waals surface area contributed by atoms with Crippen molar-refractivity contribution in [2.45, 2.75) is 0 Å². The molecular formula is C11H15NO3. The highest BCUT2D eigenvalue weighted by Crippen LogP contribution is 2.21. The van der Waals surface area contributed by atoms with Crippen LogP contribution in [-0.4, -0.2) is 33.8 Å². The van der Waals surface area contributed by atoms with Gasteiger partial charge in [0, 0.05) is 11.8 Å². The zero-order valence-electron chi connectivity index (χ0n) is 8.81. The molecule has 82 valence electrons. The molecule has 0 atom stereocenters. The van der Waals surface area contributed by atoms with Crippen molar-refractivity contribution in [2.24, 2.45) is 0 Å². The number of methoxy groups -OCH3 is 1. The van der Waals surface area contributed by atoms with Crippen molar-refractivity contribution in [3.63, 3.8) is 0 Å². The zero-order valence-corrected chi connectivity index (χ0v) is 8.81. The minimum absolute atomic E-state index is 0.563. The van der Waals surface area contributed by atoms with Crippen molar-refractivity contribution in [3.8, 4) is 5.75 Å². The van der Waals surface area contributed by atoms with Crippen LogP contribution in [0.5, 0.6) is 5.75 Å². The first-order chi connectivity index (χ1) is 7.40. The summed E-state index contributed by atoms with van der Waals surface area (Å²) in [5, 5.41) is 0. The summed E-state index contributed by atoms with van der Waals surface area (Å²) in [4.78, 5) is 2.02. The minimum Gasteiger partial charge on any atom is -0.497 e. The lowest BCUT2D eigenvalue weighted by atomic mass is 10.3. The predicted octanol–water partition coefficient (Wildman–Crippen LogP) is 1.46. The fraction of sp³-hybridized carbons (Fsp3) is 0.455. The van der Waals surface area contributed by atoms with Gasteiger partial charge >= 0.3 is 0 Å². The summed E-state index contributed by atoms with van der Waals surface area (Å²) < 4.78 is 16.0. The Balaban J connectivity index is 2.12. The largest absolute Gasteiger partial charge is 0.497 e. The van der Waals surface area contributed by atoms with Gasteiger partial charge in [0.1, 0.15) is 19.2 Å². The molecule has 0 radical (unpaired) electrons. The molecule has 1 fully saturated rings. The number of benzene rings is 1. The fourth-order valence-electron chi connectivity index (χ4n) is 1.46. The van der Waals surface area contributed by atoms with E-state index in [0.29, 0.717) is 26.7 Å². The van der Waals surface area contributed by atoms with Crippen molar-refractivity contribution in [1.82, 2.24) is 0 Å². The van der Waals surface area contributed by atoms with Gasteiger partial charge in [-0.25, -0.2) is 0 Å². The van der Waals surface area contributed by atoms with Crippen LogP contribution in [0.15, 0.2) is 24.3 Å². The van der Waals surface area contributed by atoms with Crippen LogP contribution in [0, 0.1) is 0 Å². The first-order valence-electron chi connectivity index (χ1n) is 4.94. The smallest absolute Gasteiger partial charge is 0.121 e. The SMILES string of the molecule is COc1cccc(N2COCCOC2)c1. The van der Waals surface area contributed by atoms with E-state index in [0.717, 1.165) is 11.4 Å². The van der Waals surface area contributed by atoms with Gasteiger partial charge < -0.3 is 19.1 Å². The third-order valence-corrected chi connectivity index (χ3v) is 2.28. The van der Waals surface area contributed by atoms with Gasteiger partial charge in [0.15, 0.2) is 0 Å². The van der Waals surface area contributed by atoms with Crippen LogP contribution in [0.3, 0.4) is 0 Å². The van der Waals surface area contributed by atoms with Crippen LogP contribution >= 0.6 is 0 Å². The molecule has 1 aliphatic rings. The maximum atomic E-state index is 5.40. The highest BCUT2D eigenvalue weighted by molar-refractivity contribution is 5.50. The van der Waals surface area contributed by atoms with E-state index >= 15 is 0 Å². The van der Waals surface area contributed by atoms with Gasteiger partial charge in [-0.15, -0.1) is 0 Å². The maximum Gasteiger partial charge on any atom is 0.121 e. The lowest BCUT2D eigenvalue weighted by Crippen LogP contribution is -2.25. The average molecular weight is 209 g/mol. The Morgan fingerprint density at radius 1 is 1.20 bits per heavy atom. The van der Waals surface area contributed by atoms with Crippen LogP contribution in [0.4, 0.5) is 5.69 Å². The molecule has 0 saturated carbocycles. The molecule has 1 heterocycles. The van der Waals surface area contributed by atoms with E-state index in [1.807, 2.05) is 29.2 Å². The van der Waals surface area contributed by atoms with Gasteiger partial charge in [-0.3, -0.25) is 0 Å². The van der Waals surface area contributed by atoms with Gasteiger partial charge in [0.2, 0.25) is 0 Å². The highest BCUT2D eigenvalue weighted by Gasteiger charge is 2.10. The van der Waals surface area contributed by atoms with E-state index in [1.54, 1.807) is 7.11 Å². The van der Waals surface area contributed by atoms with Crippen molar-refractivity contribution in [3.05, 3.63) is 24.3 Å². The third-order valence-electron chi connectivity index (χ3n) is 2.28. The van der Waals surface area contributed by atoms with E-state index in [4.69, 9.17) is 14.2 Å².